The number of halogens is 8. The molecular formula is C5H8Cl8N6O4P6. The second-order valence-electron chi connectivity index (χ2n) is 5.93. The van der Waals surface area contributed by atoms with E-state index in [9.17, 15) is 0 Å². The molecule has 4 aliphatic rings. The van der Waals surface area contributed by atoms with Crippen molar-refractivity contribution in [3.05, 3.63) is 0 Å². The molecule has 2 spiro atoms. The van der Waals surface area contributed by atoms with Gasteiger partial charge in [0.1, 0.15) is 0 Å². The van der Waals surface area contributed by atoms with Gasteiger partial charge >= 0.3 is 21.2 Å². The molecule has 10 nitrogen and oxygen atoms in total. The molecule has 0 aliphatic carbocycles. The summed E-state index contributed by atoms with van der Waals surface area (Å²) in [7, 11) is -3.26. The zero-order valence-electron chi connectivity index (χ0n) is 13.4. The van der Waals surface area contributed by atoms with Gasteiger partial charge in [0, 0.05) is 0 Å². The Labute approximate surface area is 204 Å². The summed E-state index contributed by atoms with van der Waals surface area (Å²) in [6.45, 7) is -6.52. The smallest absolute Gasteiger partial charge is 0.315 e. The van der Waals surface area contributed by atoms with Crippen LogP contribution in [0.5, 0.6) is 0 Å². The lowest BCUT2D eigenvalue weighted by atomic mass is 9.93. The van der Waals surface area contributed by atoms with Gasteiger partial charge in [-0.1, -0.05) is 0 Å². The first-order valence-electron chi connectivity index (χ1n) is 7.05. The molecule has 0 saturated carbocycles. The molecule has 168 valence electrons. The molecule has 1 fully saturated rings. The number of hydrogen-bond acceptors (Lipinski definition) is 10. The minimum Gasteiger partial charge on any atom is -0.315 e. The summed E-state index contributed by atoms with van der Waals surface area (Å²) in [6.07, 6.45) is 0. The van der Waals surface area contributed by atoms with Gasteiger partial charge in [-0.2, -0.15) is 27.1 Å². The lowest BCUT2D eigenvalue weighted by molar-refractivity contribution is -0.0295. The largest absolute Gasteiger partial charge is 0.345 e. The molecular weight excluding hydrogens is 678 g/mol. The van der Waals surface area contributed by atoms with Crippen molar-refractivity contribution in [1.82, 2.24) is 0 Å². The van der Waals surface area contributed by atoms with Gasteiger partial charge in [-0.3, -0.25) is 0 Å². The standard InChI is InChI=1S/C5H8Cl8N6O4P6/c6-24(7)14-25(8,9)18-29(17-24)22-3-5(4-23-29)1-20-27(12)15-26(10,11)16-28(13,19-27)21-2-5/h1-4H2. The summed E-state index contributed by atoms with van der Waals surface area (Å²) >= 11 is 49.4. The Balaban J connectivity index is 1.64. The maximum Gasteiger partial charge on any atom is 0.345 e. The molecule has 4 aliphatic heterocycles. The van der Waals surface area contributed by atoms with Crippen LogP contribution in [-0.4, -0.2) is 26.4 Å². The Hall–Kier alpha value is 3.54. The van der Waals surface area contributed by atoms with Gasteiger partial charge in [0.25, 0.3) is 17.7 Å². The summed E-state index contributed by atoms with van der Waals surface area (Å²) in [5.41, 5.74) is -0.845. The van der Waals surface area contributed by atoms with Crippen LogP contribution < -0.4 is 0 Å². The van der Waals surface area contributed by atoms with Crippen LogP contribution in [0.4, 0.5) is 0 Å². The molecule has 0 radical (unpaired) electrons. The van der Waals surface area contributed by atoms with Crippen LogP contribution in [0.15, 0.2) is 27.1 Å². The van der Waals surface area contributed by atoms with Crippen LogP contribution in [0.1, 0.15) is 0 Å². The first-order valence-corrected chi connectivity index (χ1v) is 24.1. The molecule has 2 bridgehead atoms. The molecule has 2 unspecified atom stereocenters. The van der Waals surface area contributed by atoms with Crippen molar-refractivity contribution in [3.63, 3.8) is 0 Å². The highest BCUT2D eigenvalue weighted by Crippen LogP contribution is 2.88. The topological polar surface area (TPSA) is 111 Å². The van der Waals surface area contributed by atoms with Gasteiger partial charge in [0.05, 0.1) is 31.8 Å². The van der Waals surface area contributed by atoms with Crippen molar-refractivity contribution >= 4 is 129 Å². The Bertz CT molecular complexity index is 1070. The number of nitrogens with zero attached hydrogens (tertiary/aromatic N) is 6. The average Bonchev–Trinajstić information content (AvgIpc) is 2.47. The van der Waals surface area contributed by atoms with E-state index in [0.717, 1.165) is 0 Å². The van der Waals surface area contributed by atoms with Crippen LogP contribution in [0.3, 0.4) is 0 Å². The lowest BCUT2D eigenvalue weighted by Crippen LogP contribution is -2.43. The van der Waals surface area contributed by atoms with Gasteiger partial charge in [0.15, 0.2) is 0 Å². The Kier molecular flexibility index (Phi) is 7.33. The summed E-state index contributed by atoms with van der Waals surface area (Å²) in [5, 5.41) is 0. The molecule has 29 heavy (non-hydrogen) atoms. The first kappa shape index (κ1) is 25.6. The predicted molar refractivity (Wildman–Crippen MR) is 129 cm³/mol. The van der Waals surface area contributed by atoms with E-state index >= 15 is 0 Å². The van der Waals surface area contributed by atoms with E-state index in [2.05, 4.69) is 27.1 Å². The van der Waals surface area contributed by atoms with Crippen LogP contribution in [-0.2, 0) is 18.1 Å². The molecule has 4 rings (SSSR count). The predicted octanol–water partition coefficient (Wildman–Crippen LogP) is 11.7. The molecule has 0 N–H and O–H groups in total. The van der Waals surface area contributed by atoms with E-state index in [1.165, 1.54) is 0 Å². The highest BCUT2D eigenvalue weighted by atomic mass is 35.9. The fourth-order valence-corrected chi connectivity index (χ4v) is 31.4. The molecule has 2 atom stereocenters. The number of rotatable bonds is 0. The fourth-order valence-electron chi connectivity index (χ4n) is 2.28. The quantitative estimate of drug-likeness (QED) is 0.236. The van der Waals surface area contributed by atoms with Crippen molar-refractivity contribution in [1.29, 1.82) is 0 Å². The second kappa shape index (κ2) is 8.30. The molecule has 0 aromatic rings. The van der Waals surface area contributed by atoms with E-state index in [4.69, 9.17) is 108 Å². The Morgan fingerprint density at radius 3 is 1.48 bits per heavy atom. The normalized spacial score (nSPS) is 40.6. The van der Waals surface area contributed by atoms with Gasteiger partial charge in [-0.05, 0) is 89.9 Å². The Morgan fingerprint density at radius 1 is 0.483 bits per heavy atom. The SMILES string of the molecule is ClP1(Cl)=NP(Cl)(Cl)=NP2(=N1)OCC1(COP3(Cl)=NP(Cl)(Cl)=NP(Cl)(=N3)OC1)CO2. The van der Waals surface area contributed by atoms with Crippen molar-refractivity contribution in [2.75, 3.05) is 26.4 Å². The summed E-state index contributed by atoms with van der Waals surface area (Å²) in [6, 6.07) is 0. The first-order chi connectivity index (χ1) is 13.1. The highest BCUT2D eigenvalue weighted by Gasteiger charge is 2.49. The molecule has 4 heterocycles. The second-order valence-corrected chi connectivity index (χ2v) is 29.6. The molecule has 24 heteroatoms. The van der Waals surface area contributed by atoms with Crippen molar-refractivity contribution < 1.29 is 18.1 Å². The van der Waals surface area contributed by atoms with Crippen molar-refractivity contribution in [2.45, 2.75) is 0 Å². The lowest BCUT2D eigenvalue weighted by Gasteiger charge is -2.42. The maximum atomic E-state index is 6.41. The van der Waals surface area contributed by atoms with Gasteiger partial charge in [-0.25, -0.2) is 0 Å². The third-order valence-corrected chi connectivity index (χ3v) is 26.1. The maximum absolute atomic E-state index is 6.41. The van der Waals surface area contributed by atoms with Crippen molar-refractivity contribution in [3.8, 4) is 0 Å². The monoisotopic (exact) mass is 682 g/mol. The van der Waals surface area contributed by atoms with Crippen LogP contribution in [0.2, 0.25) is 0 Å². The van der Waals surface area contributed by atoms with E-state index < -0.39 is 44.4 Å². The van der Waals surface area contributed by atoms with E-state index in [1.54, 1.807) is 0 Å². The summed E-state index contributed by atoms with van der Waals surface area (Å²) in [4.78, 5) is 0. The summed E-state index contributed by atoms with van der Waals surface area (Å²) in [5.74, 6) is -9.54. The minimum atomic E-state index is -3.28. The summed E-state index contributed by atoms with van der Waals surface area (Å²) < 4.78 is 47.7. The zero-order chi connectivity index (χ0) is 21.4. The van der Waals surface area contributed by atoms with Gasteiger partial charge in [-0.15, -0.1) is 0 Å². The van der Waals surface area contributed by atoms with Crippen LogP contribution >= 0.6 is 129 Å². The van der Waals surface area contributed by atoms with E-state index in [0.29, 0.717) is 0 Å². The van der Waals surface area contributed by atoms with Crippen molar-refractivity contribution in [2.24, 2.45) is 32.5 Å². The van der Waals surface area contributed by atoms with Crippen LogP contribution in [0.25, 0.3) is 0 Å². The number of fused-ring (bicyclic) bond motifs is 1. The third-order valence-electron chi connectivity index (χ3n) is 3.46. The van der Waals surface area contributed by atoms with Gasteiger partial charge in [0.2, 0.25) is 0 Å². The third kappa shape index (κ3) is 6.03. The average molecular weight is 686 g/mol. The van der Waals surface area contributed by atoms with E-state index in [-0.39, 0.29) is 26.4 Å². The fraction of sp³-hybridized carbons (Fsp3) is 1.00. The zero-order valence-corrected chi connectivity index (χ0v) is 24.8. The molecule has 0 aromatic carbocycles. The van der Waals surface area contributed by atoms with Gasteiger partial charge < -0.3 is 18.1 Å². The number of hydrogen-bond donors (Lipinski definition) is 0. The molecule has 0 amide bonds. The Morgan fingerprint density at radius 2 is 0.931 bits per heavy atom. The molecule has 1 saturated heterocycles. The highest BCUT2D eigenvalue weighted by molar-refractivity contribution is 8.20. The minimum absolute atomic E-state index is 0.00358. The van der Waals surface area contributed by atoms with E-state index in [1.807, 2.05) is 0 Å². The molecule has 0 aromatic heterocycles. The van der Waals surface area contributed by atoms with Crippen LogP contribution in [0, 0.1) is 5.41 Å².